The maximum atomic E-state index is 11.4. The fourth-order valence-corrected chi connectivity index (χ4v) is 1.70. The Hall–Kier alpha value is -1.30. The van der Waals surface area contributed by atoms with Crippen molar-refractivity contribution in [3.05, 3.63) is 12.2 Å². The highest BCUT2D eigenvalue weighted by molar-refractivity contribution is 6.51. The molecule has 16 heavy (non-hydrogen) atoms. The summed E-state index contributed by atoms with van der Waals surface area (Å²) in [6.07, 6.45) is 0.959. The monoisotopic (exact) mass is 224 g/mol. The van der Waals surface area contributed by atoms with Crippen LogP contribution < -0.4 is 0 Å². The normalized spacial score (nSPS) is 30.3. The second-order valence-electron chi connectivity index (χ2n) is 4.00. The van der Waals surface area contributed by atoms with Crippen molar-refractivity contribution in [1.29, 1.82) is 0 Å². The van der Waals surface area contributed by atoms with Crippen LogP contribution in [0.1, 0.15) is 26.2 Å². The summed E-state index contributed by atoms with van der Waals surface area (Å²) in [6, 6.07) is -0.302. The lowest BCUT2D eigenvalue weighted by atomic mass is 9.81. The number of hydrogen-bond acceptors (Lipinski definition) is 5. The third-order valence-corrected chi connectivity index (χ3v) is 2.58. The molecule has 2 atom stereocenters. The van der Waals surface area contributed by atoms with Gasteiger partial charge in [0.2, 0.25) is 0 Å². The third-order valence-electron chi connectivity index (χ3n) is 2.58. The smallest absolute Gasteiger partial charge is 0.497 e. The average Bonchev–Trinajstić information content (AvgIpc) is 2.92. The van der Waals surface area contributed by atoms with Crippen LogP contribution in [-0.4, -0.2) is 31.2 Å². The van der Waals surface area contributed by atoms with Gasteiger partial charge in [-0.1, -0.05) is 19.1 Å². The molecule has 2 aliphatic heterocycles. The van der Waals surface area contributed by atoms with E-state index in [0.717, 1.165) is 6.42 Å². The van der Waals surface area contributed by atoms with Crippen LogP contribution in [0.3, 0.4) is 0 Å². The van der Waals surface area contributed by atoms with Gasteiger partial charge in [-0.3, -0.25) is 9.59 Å². The number of carbonyl (C=O) groups is 2. The van der Waals surface area contributed by atoms with Gasteiger partial charge in [-0.05, 0) is 6.42 Å². The van der Waals surface area contributed by atoms with Gasteiger partial charge >= 0.3 is 7.12 Å². The van der Waals surface area contributed by atoms with Gasteiger partial charge < -0.3 is 14.0 Å². The van der Waals surface area contributed by atoms with Crippen LogP contribution in [0.15, 0.2) is 12.2 Å². The van der Waals surface area contributed by atoms with Crippen molar-refractivity contribution < 1.29 is 23.6 Å². The van der Waals surface area contributed by atoms with Gasteiger partial charge in [0.1, 0.15) is 6.00 Å². The molecule has 0 saturated carbocycles. The van der Waals surface area contributed by atoms with Crippen LogP contribution in [-0.2, 0) is 23.6 Å². The number of epoxide rings is 1. The number of hydrogen-bond donors (Lipinski definition) is 0. The van der Waals surface area contributed by atoms with Gasteiger partial charge in [-0.15, -0.1) is 0 Å². The average molecular weight is 224 g/mol. The lowest BCUT2D eigenvalue weighted by Crippen LogP contribution is -2.37. The van der Waals surface area contributed by atoms with E-state index in [1.807, 2.05) is 6.92 Å². The van der Waals surface area contributed by atoms with Crippen LogP contribution in [0.5, 0.6) is 0 Å². The first-order chi connectivity index (χ1) is 7.60. The summed E-state index contributed by atoms with van der Waals surface area (Å²) >= 11 is 0. The Labute approximate surface area is 93.9 Å². The van der Waals surface area contributed by atoms with Crippen molar-refractivity contribution in [3.8, 4) is 0 Å². The van der Waals surface area contributed by atoms with Crippen LogP contribution in [0.2, 0.25) is 0 Å². The highest BCUT2D eigenvalue weighted by atomic mass is 16.7. The van der Waals surface area contributed by atoms with Gasteiger partial charge in [0.25, 0.3) is 11.9 Å². The topological polar surface area (TPSA) is 65.1 Å². The van der Waals surface area contributed by atoms with Crippen LogP contribution in [0.25, 0.3) is 0 Å². The molecule has 1 unspecified atom stereocenters. The molecule has 0 aromatic heterocycles. The maximum absolute atomic E-state index is 11.4. The largest absolute Gasteiger partial charge is 0.632 e. The number of carbonyl (C=O) groups excluding carboxylic acids is 2. The molecule has 2 aliphatic rings. The summed E-state index contributed by atoms with van der Waals surface area (Å²) in [5.74, 6) is -0.847. The van der Waals surface area contributed by atoms with E-state index in [1.165, 1.54) is 0 Å². The molecule has 0 radical (unpaired) electrons. The fourth-order valence-electron chi connectivity index (χ4n) is 1.70. The molecule has 0 N–H and O–H groups in total. The summed E-state index contributed by atoms with van der Waals surface area (Å²) in [5.41, 5.74) is 0.511. The maximum Gasteiger partial charge on any atom is 0.632 e. The highest BCUT2D eigenvalue weighted by Gasteiger charge is 2.54. The van der Waals surface area contributed by atoms with Crippen LogP contribution in [0, 0.1) is 0 Å². The van der Waals surface area contributed by atoms with Gasteiger partial charge in [0.15, 0.2) is 0 Å². The third kappa shape index (κ3) is 2.44. The second kappa shape index (κ2) is 4.29. The zero-order valence-corrected chi connectivity index (χ0v) is 9.10. The van der Waals surface area contributed by atoms with E-state index in [4.69, 9.17) is 14.0 Å². The van der Waals surface area contributed by atoms with Crippen molar-refractivity contribution >= 4 is 19.1 Å². The Balaban J connectivity index is 2.00. The predicted molar refractivity (Wildman–Crippen MR) is 55.3 cm³/mol. The minimum atomic E-state index is -0.891. The summed E-state index contributed by atoms with van der Waals surface area (Å²) in [7, 11) is -0.891. The lowest BCUT2D eigenvalue weighted by molar-refractivity contribution is -0.141. The van der Waals surface area contributed by atoms with E-state index >= 15 is 0 Å². The molecule has 86 valence electrons. The van der Waals surface area contributed by atoms with Gasteiger partial charge in [-0.2, -0.15) is 0 Å². The van der Waals surface area contributed by atoms with Crippen molar-refractivity contribution in [2.24, 2.45) is 0 Å². The van der Waals surface area contributed by atoms with Crippen molar-refractivity contribution in [1.82, 2.24) is 0 Å². The second-order valence-corrected chi connectivity index (χ2v) is 4.00. The van der Waals surface area contributed by atoms with Crippen molar-refractivity contribution in [2.45, 2.75) is 38.3 Å². The summed E-state index contributed by atoms with van der Waals surface area (Å²) in [4.78, 5) is 22.7. The van der Waals surface area contributed by atoms with Gasteiger partial charge in [0, 0.05) is 0 Å². The van der Waals surface area contributed by atoms with E-state index < -0.39 is 19.1 Å². The standard InChI is InChI=1S/C10H13BO5/c1-3-7-10(14-7)11-15-8(12)4-6(2)5-9(13)16-11/h7,10H,2-5H2,1H3/t7-,10?/m0/s1. The molecular weight excluding hydrogens is 211 g/mol. The molecule has 0 aromatic carbocycles. The summed E-state index contributed by atoms with van der Waals surface area (Å²) in [5, 5.41) is 0. The molecule has 2 heterocycles. The zero-order chi connectivity index (χ0) is 11.7. The highest BCUT2D eigenvalue weighted by Crippen LogP contribution is 2.29. The molecule has 2 saturated heterocycles. The van der Waals surface area contributed by atoms with Crippen LogP contribution >= 0.6 is 0 Å². The Morgan fingerprint density at radius 1 is 1.31 bits per heavy atom. The Bertz CT molecular complexity index is 318. The Kier molecular flexibility index (Phi) is 3.00. The van der Waals surface area contributed by atoms with Crippen molar-refractivity contribution in [2.75, 3.05) is 0 Å². The minimum absolute atomic E-state index is 0.0215. The molecule has 2 fully saturated rings. The van der Waals surface area contributed by atoms with E-state index in [1.54, 1.807) is 0 Å². The van der Waals surface area contributed by atoms with E-state index in [0.29, 0.717) is 5.57 Å². The van der Waals surface area contributed by atoms with E-state index in [2.05, 4.69) is 6.58 Å². The van der Waals surface area contributed by atoms with Gasteiger partial charge in [0.05, 0.1) is 18.9 Å². The predicted octanol–water partition coefficient (Wildman–Crippen LogP) is 0.628. The number of ether oxygens (including phenoxy) is 1. The quantitative estimate of drug-likeness (QED) is 0.391. The first kappa shape index (κ1) is 11.2. The first-order valence-corrected chi connectivity index (χ1v) is 5.31. The molecule has 0 spiro atoms. The zero-order valence-electron chi connectivity index (χ0n) is 9.10. The molecule has 0 amide bonds. The molecule has 0 bridgehead atoms. The van der Waals surface area contributed by atoms with E-state index in [9.17, 15) is 9.59 Å². The Morgan fingerprint density at radius 3 is 2.31 bits per heavy atom. The molecule has 0 aromatic rings. The summed E-state index contributed by atoms with van der Waals surface area (Å²) < 4.78 is 15.3. The number of rotatable bonds is 2. The molecular formula is C10H13BO5. The minimum Gasteiger partial charge on any atom is -0.497 e. The van der Waals surface area contributed by atoms with Crippen molar-refractivity contribution in [3.63, 3.8) is 0 Å². The molecule has 6 heteroatoms. The van der Waals surface area contributed by atoms with Gasteiger partial charge in [-0.25, -0.2) is 0 Å². The van der Waals surface area contributed by atoms with E-state index in [-0.39, 0.29) is 24.9 Å². The fraction of sp³-hybridized carbons (Fsp3) is 0.600. The summed E-state index contributed by atoms with van der Waals surface area (Å²) in [6.45, 7) is 5.56. The first-order valence-electron chi connectivity index (χ1n) is 5.31. The molecule has 2 rings (SSSR count). The molecule has 5 nitrogen and oxygen atoms in total. The van der Waals surface area contributed by atoms with Crippen LogP contribution in [0.4, 0.5) is 0 Å². The Morgan fingerprint density at radius 2 is 1.88 bits per heavy atom. The molecule has 0 aliphatic carbocycles. The SMILES string of the molecule is C=C1CC(=O)OB(C2O[C@H]2CC)OC(=O)C1. The lowest BCUT2D eigenvalue weighted by Gasteiger charge is -2.17.